The first-order valence-electron chi connectivity index (χ1n) is 13.2. The van der Waals surface area contributed by atoms with Crippen LogP contribution in [0.5, 0.6) is 11.5 Å². The number of amides is 2. The summed E-state index contributed by atoms with van der Waals surface area (Å²) < 4.78 is 10.8. The number of hydrogen-bond donors (Lipinski definition) is 0. The Morgan fingerprint density at radius 2 is 1.69 bits per heavy atom. The van der Waals surface area contributed by atoms with Crippen molar-refractivity contribution in [2.75, 3.05) is 56.0 Å². The van der Waals surface area contributed by atoms with Crippen LogP contribution in [0.25, 0.3) is 6.08 Å². The SMILES string of the molecule is COc1ccc(/C=C2/N=C(SCC(=O)N3CCN(c4ccc([N+](=O)[O-])cc4)CC3)N(c3ccccc3)C2=O)c(OC)c1. The molecule has 1 fully saturated rings. The fraction of sp³-hybridized carbons (Fsp3) is 0.233. The van der Waals surface area contributed by atoms with Crippen LogP contribution in [0.1, 0.15) is 5.56 Å². The fourth-order valence-corrected chi connectivity index (χ4v) is 5.62. The maximum atomic E-state index is 13.5. The van der Waals surface area contributed by atoms with E-state index in [0.29, 0.717) is 54.1 Å². The van der Waals surface area contributed by atoms with Crippen LogP contribution in [0.4, 0.5) is 17.1 Å². The smallest absolute Gasteiger partial charge is 0.283 e. The second-order valence-electron chi connectivity index (χ2n) is 9.44. The molecule has 42 heavy (non-hydrogen) atoms. The first kappa shape index (κ1) is 28.7. The van der Waals surface area contributed by atoms with Gasteiger partial charge in [-0.15, -0.1) is 0 Å². The number of nitro groups is 1. The lowest BCUT2D eigenvalue weighted by Gasteiger charge is -2.36. The summed E-state index contributed by atoms with van der Waals surface area (Å²) in [5, 5.41) is 11.4. The highest BCUT2D eigenvalue weighted by Gasteiger charge is 2.33. The highest BCUT2D eigenvalue weighted by atomic mass is 32.2. The van der Waals surface area contributed by atoms with Gasteiger partial charge in [0.05, 0.1) is 30.6 Å². The highest BCUT2D eigenvalue weighted by molar-refractivity contribution is 8.14. The number of carbonyl (C=O) groups is 2. The summed E-state index contributed by atoms with van der Waals surface area (Å²) in [7, 11) is 3.12. The Hall–Kier alpha value is -4.84. The number of non-ortho nitro benzene ring substituents is 1. The average molecular weight is 588 g/mol. The van der Waals surface area contributed by atoms with E-state index in [-0.39, 0.29) is 29.0 Å². The van der Waals surface area contributed by atoms with Gasteiger partial charge in [0.2, 0.25) is 5.91 Å². The number of thioether (sulfide) groups is 1. The third kappa shape index (κ3) is 6.23. The first-order chi connectivity index (χ1) is 20.4. The lowest BCUT2D eigenvalue weighted by atomic mass is 10.1. The molecule has 0 atom stereocenters. The molecule has 12 heteroatoms. The number of anilines is 2. The Morgan fingerprint density at radius 1 is 0.976 bits per heavy atom. The van der Waals surface area contributed by atoms with Crippen molar-refractivity contribution in [1.82, 2.24) is 4.90 Å². The minimum absolute atomic E-state index is 0.0450. The Kier molecular flexibility index (Phi) is 8.72. The van der Waals surface area contributed by atoms with E-state index < -0.39 is 4.92 Å². The molecule has 2 heterocycles. The van der Waals surface area contributed by atoms with Gasteiger partial charge >= 0.3 is 0 Å². The molecule has 0 radical (unpaired) electrons. The number of rotatable bonds is 8. The number of aliphatic imine (C=N–C) groups is 1. The average Bonchev–Trinajstić information content (AvgIpc) is 3.34. The normalized spacial score (nSPS) is 16.0. The number of para-hydroxylation sites is 1. The summed E-state index contributed by atoms with van der Waals surface area (Å²) in [6.45, 7) is 2.26. The van der Waals surface area contributed by atoms with E-state index in [4.69, 9.17) is 9.47 Å². The molecule has 2 aliphatic rings. The summed E-state index contributed by atoms with van der Waals surface area (Å²) in [6.07, 6.45) is 1.67. The van der Waals surface area contributed by atoms with Crippen molar-refractivity contribution in [3.05, 3.63) is 94.2 Å². The predicted octanol–water partition coefficient (Wildman–Crippen LogP) is 4.44. The van der Waals surface area contributed by atoms with E-state index in [1.165, 1.54) is 28.8 Å². The van der Waals surface area contributed by atoms with Crippen molar-refractivity contribution in [2.45, 2.75) is 0 Å². The predicted molar refractivity (Wildman–Crippen MR) is 163 cm³/mol. The third-order valence-corrected chi connectivity index (χ3v) is 7.88. The Morgan fingerprint density at radius 3 is 2.33 bits per heavy atom. The van der Waals surface area contributed by atoms with Crippen LogP contribution < -0.4 is 19.3 Å². The van der Waals surface area contributed by atoms with Gasteiger partial charge in [0.25, 0.3) is 11.6 Å². The third-order valence-electron chi connectivity index (χ3n) is 6.96. The number of ether oxygens (including phenoxy) is 2. The number of benzene rings is 3. The molecule has 0 aliphatic carbocycles. The molecule has 0 aromatic heterocycles. The van der Waals surface area contributed by atoms with Crippen molar-refractivity contribution < 1.29 is 24.0 Å². The number of nitro benzene ring substituents is 1. The summed E-state index contributed by atoms with van der Waals surface area (Å²) >= 11 is 1.22. The molecule has 0 bridgehead atoms. The van der Waals surface area contributed by atoms with E-state index in [1.807, 2.05) is 30.3 Å². The van der Waals surface area contributed by atoms with Gasteiger partial charge in [0.1, 0.15) is 17.2 Å². The van der Waals surface area contributed by atoms with Gasteiger partial charge in [0, 0.05) is 55.6 Å². The van der Waals surface area contributed by atoms with E-state index >= 15 is 0 Å². The van der Waals surface area contributed by atoms with Gasteiger partial charge in [-0.1, -0.05) is 30.0 Å². The van der Waals surface area contributed by atoms with Gasteiger partial charge in [-0.2, -0.15) is 0 Å². The van der Waals surface area contributed by atoms with Gasteiger partial charge in [0.15, 0.2) is 5.17 Å². The second-order valence-corrected chi connectivity index (χ2v) is 10.4. The lowest BCUT2D eigenvalue weighted by molar-refractivity contribution is -0.384. The quantitative estimate of drug-likeness (QED) is 0.216. The molecule has 0 N–H and O–H groups in total. The van der Waals surface area contributed by atoms with Crippen molar-refractivity contribution in [3.8, 4) is 11.5 Å². The highest BCUT2D eigenvalue weighted by Crippen LogP contribution is 2.32. The van der Waals surface area contributed by atoms with Crippen LogP contribution in [-0.4, -0.2) is 73.0 Å². The van der Waals surface area contributed by atoms with Crippen molar-refractivity contribution in [2.24, 2.45) is 4.99 Å². The van der Waals surface area contributed by atoms with Gasteiger partial charge in [-0.25, -0.2) is 4.99 Å². The van der Waals surface area contributed by atoms with Crippen LogP contribution in [0.15, 0.2) is 83.5 Å². The monoisotopic (exact) mass is 587 g/mol. The fourth-order valence-electron chi connectivity index (χ4n) is 4.70. The van der Waals surface area contributed by atoms with E-state index in [0.717, 1.165) is 5.69 Å². The maximum Gasteiger partial charge on any atom is 0.283 e. The Bertz CT molecular complexity index is 1540. The zero-order chi connectivity index (χ0) is 29.6. The number of nitrogens with zero attached hydrogens (tertiary/aromatic N) is 5. The van der Waals surface area contributed by atoms with Gasteiger partial charge in [-0.3, -0.25) is 24.6 Å². The molecule has 5 rings (SSSR count). The Balaban J connectivity index is 1.28. The lowest BCUT2D eigenvalue weighted by Crippen LogP contribution is -2.49. The van der Waals surface area contributed by atoms with E-state index in [2.05, 4.69) is 9.89 Å². The first-order valence-corrected chi connectivity index (χ1v) is 14.2. The molecule has 0 saturated carbocycles. The second kappa shape index (κ2) is 12.8. The largest absolute Gasteiger partial charge is 0.497 e. The molecular weight excluding hydrogens is 558 g/mol. The molecule has 2 amide bonds. The number of methoxy groups -OCH3 is 2. The van der Waals surface area contributed by atoms with Crippen LogP contribution in [0.2, 0.25) is 0 Å². The molecule has 11 nitrogen and oxygen atoms in total. The molecule has 3 aromatic rings. The van der Waals surface area contributed by atoms with Crippen LogP contribution in [0.3, 0.4) is 0 Å². The van der Waals surface area contributed by atoms with E-state index in [1.54, 1.807) is 55.5 Å². The zero-order valence-corrected chi connectivity index (χ0v) is 24.0. The van der Waals surface area contributed by atoms with E-state index in [9.17, 15) is 19.7 Å². The topological polar surface area (TPSA) is 118 Å². The summed E-state index contributed by atoms with van der Waals surface area (Å²) in [5.41, 5.74) is 2.49. The zero-order valence-electron chi connectivity index (χ0n) is 23.1. The number of hydrogen-bond acceptors (Lipinski definition) is 9. The van der Waals surface area contributed by atoms with Crippen molar-refractivity contribution >= 4 is 51.9 Å². The maximum absolute atomic E-state index is 13.5. The molecule has 1 saturated heterocycles. The number of carbonyl (C=O) groups excluding carboxylic acids is 2. The van der Waals surface area contributed by atoms with Crippen LogP contribution in [-0.2, 0) is 9.59 Å². The minimum Gasteiger partial charge on any atom is -0.497 e. The van der Waals surface area contributed by atoms with Gasteiger partial charge in [-0.05, 0) is 42.5 Å². The molecule has 0 unspecified atom stereocenters. The minimum atomic E-state index is -0.423. The number of amidine groups is 1. The summed E-state index contributed by atoms with van der Waals surface area (Å²) in [5.74, 6) is 0.933. The van der Waals surface area contributed by atoms with Crippen LogP contribution >= 0.6 is 11.8 Å². The molecule has 3 aromatic carbocycles. The molecule has 216 valence electrons. The standard InChI is InChI=1S/C30H29N5O6S/c1-40-25-13-8-21(27(19-25)41-2)18-26-29(37)34(23-6-4-3-5-7-23)30(31-26)42-20-28(36)33-16-14-32(15-17-33)22-9-11-24(12-10-22)35(38)39/h3-13,18-19H,14-17,20H2,1-2H3/b26-18+. The summed E-state index contributed by atoms with van der Waals surface area (Å²) in [6, 6.07) is 20.9. The van der Waals surface area contributed by atoms with Gasteiger partial charge < -0.3 is 19.3 Å². The van der Waals surface area contributed by atoms with Crippen LogP contribution in [0, 0.1) is 10.1 Å². The molecular formula is C30H29N5O6S. The molecule has 0 spiro atoms. The Labute approximate surface area is 247 Å². The van der Waals surface area contributed by atoms with Crippen molar-refractivity contribution in [1.29, 1.82) is 0 Å². The summed E-state index contributed by atoms with van der Waals surface area (Å²) in [4.78, 5) is 47.3. The van der Waals surface area contributed by atoms with Crippen molar-refractivity contribution in [3.63, 3.8) is 0 Å². The molecule has 2 aliphatic heterocycles. The number of piperazine rings is 1.